The van der Waals surface area contributed by atoms with Gasteiger partial charge in [0, 0.05) is 12.8 Å². The Hall–Kier alpha value is -2.17. The second-order valence-corrected chi connectivity index (χ2v) is 9.94. The lowest BCUT2D eigenvalue weighted by Gasteiger charge is -2.23. The van der Waals surface area contributed by atoms with E-state index in [9.17, 15) is 25.2 Å². The molecule has 1 aromatic carbocycles. The monoisotopic (exact) mass is 500 g/mol. The van der Waals surface area contributed by atoms with Gasteiger partial charge >= 0.3 is 5.97 Å². The fourth-order valence-electron chi connectivity index (χ4n) is 5.01. The molecular weight excluding hydrogens is 456 g/mol. The minimum absolute atomic E-state index is 0.0316. The number of hydrogen-bond donors (Lipinski definition) is 4. The van der Waals surface area contributed by atoms with Crippen LogP contribution in [-0.4, -0.2) is 57.4 Å². The first-order valence-corrected chi connectivity index (χ1v) is 13.4. The number of carbonyl (C=O) groups is 1. The van der Waals surface area contributed by atoms with Crippen molar-refractivity contribution < 1.29 is 30.0 Å². The molecular formula is C30H44O6. The molecule has 36 heavy (non-hydrogen) atoms. The lowest BCUT2D eigenvalue weighted by atomic mass is 9.85. The Morgan fingerprint density at radius 1 is 1.08 bits per heavy atom. The van der Waals surface area contributed by atoms with E-state index in [2.05, 4.69) is 18.1 Å². The van der Waals surface area contributed by atoms with E-state index in [0.29, 0.717) is 64.2 Å². The third-order valence-corrected chi connectivity index (χ3v) is 7.14. The second kappa shape index (κ2) is 17.3. The molecule has 1 fully saturated rings. The molecule has 0 heterocycles. The standard InChI is InChI=1S/C30H44O6/c1-2-3-7-14-25(22-31)36-30(35)16-11-5-4-10-15-26-27(29(34)21-28(26)33)20-19-24(32)18-17-23-12-8-6-9-13-23/h1,4,6,8-10,12-13,24-29,31-34H,3,5,7,11,14-22H2/b10-4-/t24-,25?,26+,27+,28-,29+/m0/s1. The number of ether oxygens (including phenoxy) is 1. The predicted molar refractivity (Wildman–Crippen MR) is 141 cm³/mol. The van der Waals surface area contributed by atoms with Crippen LogP contribution in [0.2, 0.25) is 0 Å². The Labute approximate surface area is 216 Å². The average molecular weight is 501 g/mol. The molecule has 6 atom stereocenters. The van der Waals surface area contributed by atoms with Crippen LogP contribution in [0.4, 0.5) is 0 Å². The van der Waals surface area contributed by atoms with Crippen molar-refractivity contribution in [2.24, 2.45) is 11.8 Å². The fraction of sp³-hybridized carbons (Fsp3) is 0.633. The summed E-state index contributed by atoms with van der Waals surface area (Å²) in [5, 5.41) is 40.7. The number of benzene rings is 1. The number of terminal acetylenes is 1. The van der Waals surface area contributed by atoms with E-state index in [0.717, 1.165) is 6.42 Å². The number of rotatable bonds is 17. The van der Waals surface area contributed by atoms with Crippen molar-refractivity contribution >= 4 is 5.97 Å². The lowest BCUT2D eigenvalue weighted by molar-refractivity contribution is -0.151. The van der Waals surface area contributed by atoms with Crippen molar-refractivity contribution in [2.45, 2.75) is 101 Å². The fourth-order valence-corrected chi connectivity index (χ4v) is 5.01. The van der Waals surface area contributed by atoms with Crippen LogP contribution in [0.25, 0.3) is 0 Å². The quantitative estimate of drug-likeness (QED) is 0.112. The van der Waals surface area contributed by atoms with Crippen molar-refractivity contribution in [1.82, 2.24) is 0 Å². The van der Waals surface area contributed by atoms with Crippen LogP contribution >= 0.6 is 0 Å². The first-order valence-electron chi connectivity index (χ1n) is 13.4. The van der Waals surface area contributed by atoms with E-state index >= 15 is 0 Å². The molecule has 6 heteroatoms. The van der Waals surface area contributed by atoms with Gasteiger partial charge in [-0.2, -0.15) is 0 Å². The molecule has 0 aromatic heterocycles. The van der Waals surface area contributed by atoms with E-state index in [-0.39, 0.29) is 30.8 Å². The SMILES string of the molecule is C#CCCCC(CO)OC(=O)CCC/C=C\C[C@@H]1[C@@H](CC[C@@H](O)CCc2ccccc2)[C@H](O)C[C@@H]1O. The molecule has 0 aliphatic heterocycles. The van der Waals surface area contributed by atoms with Gasteiger partial charge in [-0.3, -0.25) is 4.79 Å². The minimum Gasteiger partial charge on any atom is -0.460 e. The van der Waals surface area contributed by atoms with Gasteiger partial charge in [0.15, 0.2) is 0 Å². The van der Waals surface area contributed by atoms with Crippen LogP contribution in [0.15, 0.2) is 42.5 Å². The van der Waals surface area contributed by atoms with E-state index in [1.807, 2.05) is 30.4 Å². The third-order valence-electron chi connectivity index (χ3n) is 7.14. The Morgan fingerprint density at radius 2 is 1.83 bits per heavy atom. The topological polar surface area (TPSA) is 107 Å². The molecule has 1 saturated carbocycles. The Bertz CT molecular complexity index is 801. The molecule has 4 N–H and O–H groups in total. The molecule has 0 saturated heterocycles. The van der Waals surface area contributed by atoms with E-state index < -0.39 is 24.4 Å². The van der Waals surface area contributed by atoms with Crippen molar-refractivity contribution in [3.8, 4) is 12.3 Å². The summed E-state index contributed by atoms with van der Waals surface area (Å²) in [6.07, 6.45) is 14.6. The van der Waals surface area contributed by atoms with Crippen LogP contribution in [0.5, 0.6) is 0 Å². The number of aliphatic hydroxyl groups is 4. The smallest absolute Gasteiger partial charge is 0.306 e. The van der Waals surface area contributed by atoms with Gasteiger partial charge in [-0.05, 0) is 81.6 Å². The summed E-state index contributed by atoms with van der Waals surface area (Å²) < 4.78 is 5.30. The highest BCUT2D eigenvalue weighted by Gasteiger charge is 2.40. The van der Waals surface area contributed by atoms with Gasteiger partial charge in [0.2, 0.25) is 0 Å². The summed E-state index contributed by atoms with van der Waals surface area (Å²) in [6, 6.07) is 10.1. The first-order chi connectivity index (χ1) is 17.4. The maximum atomic E-state index is 12.0. The first kappa shape index (κ1) is 30.1. The van der Waals surface area contributed by atoms with Crippen molar-refractivity contribution in [3.63, 3.8) is 0 Å². The Kier molecular flexibility index (Phi) is 14.5. The average Bonchev–Trinajstić information content (AvgIpc) is 3.15. The number of esters is 1. The normalized spacial score (nSPS) is 23.4. The molecule has 1 aliphatic rings. The number of unbranched alkanes of at least 4 members (excludes halogenated alkanes) is 2. The van der Waals surface area contributed by atoms with Gasteiger partial charge < -0.3 is 25.2 Å². The van der Waals surface area contributed by atoms with E-state index in [1.165, 1.54) is 5.56 Å². The van der Waals surface area contributed by atoms with Crippen LogP contribution in [0, 0.1) is 24.2 Å². The molecule has 0 radical (unpaired) electrons. The number of carbonyl (C=O) groups excluding carboxylic acids is 1. The molecule has 0 bridgehead atoms. The largest absolute Gasteiger partial charge is 0.460 e. The van der Waals surface area contributed by atoms with E-state index in [1.54, 1.807) is 0 Å². The van der Waals surface area contributed by atoms with Gasteiger partial charge in [-0.1, -0.05) is 42.5 Å². The summed E-state index contributed by atoms with van der Waals surface area (Å²) in [4.78, 5) is 12.0. The summed E-state index contributed by atoms with van der Waals surface area (Å²) in [7, 11) is 0. The zero-order valence-electron chi connectivity index (χ0n) is 21.4. The summed E-state index contributed by atoms with van der Waals surface area (Å²) in [5.74, 6) is 2.15. The van der Waals surface area contributed by atoms with Crippen molar-refractivity contribution in [1.29, 1.82) is 0 Å². The predicted octanol–water partition coefficient (Wildman–Crippen LogP) is 3.94. The van der Waals surface area contributed by atoms with Crippen LogP contribution in [0.1, 0.15) is 76.2 Å². The van der Waals surface area contributed by atoms with Crippen molar-refractivity contribution in [2.75, 3.05) is 6.61 Å². The number of aliphatic hydroxyl groups excluding tert-OH is 4. The number of hydrogen-bond acceptors (Lipinski definition) is 6. The molecule has 0 amide bonds. The molecule has 2 rings (SSSR count). The molecule has 6 nitrogen and oxygen atoms in total. The van der Waals surface area contributed by atoms with Crippen molar-refractivity contribution in [3.05, 3.63) is 48.0 Å². The molecule has 0 spiro atoms. The maximum absolute atomic E-state index is 12.0. The highest BCUT2D eigenvalue weighted by molar-refractivity contribution is 5.69. The van der Waals surface area contributed by atoms with E-state index in [4.69, 9.17) is 11.2 Å². The summed E-state index contributed by atoms with van der Waals surface area (Å²) >= 11 is 0. The zero-order chi connectivity index (χ0) is 26.2. The van der Waals surface area contributed by atoms with Crippen LogP contribution in [-0.2, 0) is 16.0 Å². The molecule has 1 aliphatic carbocycles. The van der Waals surface area contributed by atoms with Gasteiger partial charge in [0.05, 0.1) is 24.9 Å². The maximum Gasteiger partial charge on any atom is 0.306 e. The second-order valence-electron chi connectivity index (χ2n) is 9.94. The molecule has 200 valence electrons. The highest BCUT2D eigenvalue weighted by atomic mass is 16.5. The minimum atomic E-state index is -0.547. The Morgan fingerprint density at radius 3 is 2.56 bits per heavy atom. The zero-order valence-corrected chi connectivity index (χ0v) is 21.4. The summed E-state index contributed by atoms with van der Waals surface area (Å²) in [5.41, 5.74) is 1.21. The van der Waals surface area contributed by atoms with Gasteiger partial charge in [0.1, 0.15) is 6.10 Å². The third kappa shape index (κ3) is 11.3. The van der Waals surface area contributed by atoms with Gasteiger partial charge in [-0.25, -0.2) is 0 Å². The summed E-state index contributed by atoms with van der Waals surface area (Å²) in [6.45, 7) is -0.197. The van der Waals surface area contributed by atoms with Crippen LogP contribution < -0.4 is 0 Å². The van der Waals surface area contributed by atoms with Gasteiger partial charge in [-0.15, -0.1) is 12.3 Å². The molecule has 1 unspecified atom stereocenters. The Balaban J connectivity index is 1.67. The number of allylic oxidation sites excluding steroid dienone is 2. The van der Waals surface area contributed by atoms with Gasteiger partial charge in [0.25, 0.3) is 0 Å². The van der Waals surface area contributed by atoms with Crippen LogP contribution in [0.3, 0.4) is 0 Å². The number of aryl methyl sites for hydroxylation is 1. The highest BCUT2D eigenvalue weighted by Crippen LogP contribution is 2.38. The molecule has 1 aromatic rings. The lowest BCUT2D eigenvalue weighted by Crippen LogP contribution is -2.23.